The third-order valence-electron chi connectivity index (χ3n) is 1.49. The van der Waals surface area contributed by atoms with Crippen LogP contribution in [0.2, 0.25) is 0 Å². The molecule has 1 aromatic rings. The van der Waals surface area contributed by atoms with Crippen molar-refractivity contribution < 1.29 is 9.53 Å². The Morgan fingerprint density at radius 3 is 2.75 bits per heavy atom. The normalized spacial score (nSPS) is 9.50. The second kappa shape index (κ2) is 3.58. The lowest BCUT2D eigenvalue weighted by molar-refractivity contribution is 0.112. The van der Waals surface area contributed by atoms with E-state index in [0.29, 0.717) is 23.3 Å². The lowest BCUT2D eigenvalue weighted by Crippen LogP contribution is -1.97. The SMILES string of the molecule is COc1cc(Br)cc(C=O)c1N. The minimum Gasteiger partial charge on any atom is -0.495 e. The number of benzene rings is 1. The van der Waals surface area contributed by atoms with Crippen molar-refractivity contribution in [2.24, 2.45) is 0 Å². The number of anilines is 1. The van der Waals surface area contributed by atoms with Gasteiger partial charge in [0.25, 0.3) is 0 Å². The smallest absolute Gasteiger partial charge is 0.152 e. The van der Waals surface area contributed by atoms with Crippen LogP contribution in [-0.4, -0.2) is 13.4 Å². The lowest BCUT2D eigenvalue weighted by atomic mass is 10.2. The predicted octanol–water partition coefficient (Wildman–Crippen LogP) is 1.85. The fourth-order valence-electron chi connectivity index (χ4n) is 0.880. The quantitative estimate of drug-likeness (QED) is 0.623. The van der Waals surface area contributed by atoms with Crippen LogP contribution in [-0.2, 0) is 0 Å². The first-order valence-electron chi connectivity index (χ1n) is 3.27. The van der Waals surface area contributed by atoms with Crippen LogP contribution in [0.3, 0.4) is 0 Å². The molecular formula is C8H8BrNO2. The number of hydrogen-bond donors (Lipinski definition) is 1. The molecule has 1 rings (SSSR count). The summed E-state index contributed by atoms with van der Waals surface area (Å²) in [7, 11) is 1.51. The van der Waals surface area contributed by atoms with Crippen molar-refractivity contribution in [2.45, 2.75) is 0 Å². The van der Waals surface area contributed by atoms with E-state index in [4.69, 9.17) is 10.5 Å². The number of methoxy groups -OCH3 is 1. The molecule has 0 saturated carbocycles. The molecule has 0 amide bonds. The Morgan fingerprint density at radius 1 is 1.58 bits per heavy atom. The summed E-state index contributed by atoms with van der Waals surface area (Å²) in [5, 5.41) is 0. The molecule has 0 atom stereocenters. The molecule has 12 heavy (non-hydrogen) atoms. The second-order valence-electron chi connectivity index (χ2n) is 2.23. The Kier molecular flexibility index (Phi) is 2.70. The van der Waals surface area contributed by atoms with Gasteiger partial charge in [0.2, 0.25) is 0 Å². The summed E-state index contributed by atoms with van der Waals surface area (Å²) >= 11 is 3.23. The average Bonchev–Trinajstić information content (AvgIpc) is 2.08. The fourth-order valence-corrected chi connectivity index (χ4v) is 1.33. The zero-order valence-electron chi connectivity index (χ0n) is 6.50. The molecular weight excluding hydrogens is 222 g/mol. The summed E-state index contributed by atoms with van der Waals surface area (Å²) in [5.41, 5.74) is 6.40. The van der Waals surface area contributed by atoms with Crippen LogP contribution in [0.4, 0.5) is 5.69 Å². The molecule has 4 heteroatoms. The minimum absolute atomic E-state index is 0.371. The Labute approximate surface area is 78.6 Å². The maximum atomic E-state index is 10.5. The van der Waals surface area contributed by atoms with E-state index in [2.05, 4.69) is 15.9 Å². The number of nitrogen functional groups attached to an aromatic ring is 1. The molecule has 1 aromatic carbocycles. The third kappa shape index (κ3) is 1.58. The van der Waals surface area contributed by atoms with Crippen LogP contribution in [0.25, 0.3) is 0 Å². The van der Waals surface area contributed by atoms with Gasteiger partial charge in [0, 0.05) is 10.0 Å². The molecule has 3 nitrogen and oxygen atoms in total. The highest BCUT2D eigenvalue weighted by Gasteiger charge is 2.05. The van der Waals surface area contributed by atoms with Gasteiger partial charge < -0.3 is 10.5 Å². The highest BCUT2D eigenvalue weighted by Crippen LogP contribution is 2.28. The van der Waals surface area contributed by atoms with E-state index < -0.39 is 0 Å². The van der Waals surface area contributed by atoms with Gasteiger partial charge in [-0.05, 0) is 12.1 Å². The van der Waals surface area contributed by atoms with Crippen molar-refractivity contribution in [3.63, 3.8) is 0 Å². The fraction of sp³-hybridized carbons (Fsp3) is 0.125. The molecule has 0 unspecified atom stereocenters. The van der Waals surface area contributed by atoms with Crippen LogP contribution in [0, 0.1) is 0 Å². The van der Waals surface area contributed by atoms with Crippen LogP contribution in [0.1, 0.15) is 10.4 Å². The van der Waals surface area contributed by atoms with Crippen LogP contribution >= 0.6 is 15.9 Å². The summed E-state index contributed by atoms with van der Waals surface area (Å²) in [6.45, 7) is 0. The summed E-state index contributed by atoms with van der Waals surface area (Å²) < 4.78 is 5.73. The zero-order valence-corrected chi connectivity index (χ0v) is 8.09. The van der Waals surface area contributed by atoms with Crippen molar-refractivity contribution in [1.82, 2.24) is 0 Å². The largest absolute Gasteiger partial charge is 0.495 e. The van der Waals surface area contributed by atoms with Gasteiger partial charge in [0.05, 0.1) is 12.8 Å². The molecule has 0 saturated heterocycles. The molecule has 0 bridgehead atoms. The molecule has 64 valence electrons. The lowest BCUT2D eigenvalue weighted by Gasteiger charge is -2.06. The Morgan fingerprint density at radius 2 is 2.25 bits per heavy atom. The molecule has 0 spiro atoms. The van der Waals surface area contributed by atoms with Crippen molar-refractivity contribution in [3.8, 4) is 5.75 Å². The number of nitrogens with two attached hydrogens (primary N) is 1. The van der Waals surface area contributed by atoms with Gasteiger partial charge in [-0.1, -0.05) is 15.9 Å². The number of rotatable bonds is 2. The van der Waals surface area contributed by atoms with Gasteiger partial charge in [-0.25, -0.2) is 0 Å². The summed E-state index contributed by atoms with van der Waals surface area (Å²) in [6, 6.07) is 3.35. The molecule has 0 aromatic heterocycles. The Balaban J connectivity index is 3.31. The first-order chi connectivity index (χ1) is 5.69. The van der Waals surface area contributed by atoms with Crippen LogP contribution in [0.5, 0.6) is 5.75 Å². The van der Waals surface area contributed by atoms with Gasteiger partial charge in [0.1, 0.15) is 5.75 Å². The first kappa shape index (κ1) is 9.06. The Bertz CT molecular complexity index is 312. The highest BCUT2D eigenvalue weighted by molar-refractivity contribution is 9.10. The van der Waals surface area contributed by atoms with Crippen molar-refractivity contribution >= 4 is 27.9 Å². The zero-order chi connectivity index (χ0) is 9.14. The molecule has 0 aliphatic carbocycles. The monoisotopic (exact) mass is 229 g/mol. The van der Waals surface area contributed by atoms with E-state index in [1.165, 1.54) is 7.11 Å². The number of carbonyl (C=O) groups is 1. The van der Waals surface area contributed by atoms with E-state index in [-0.39, 0.29) is 0 Å². The van der Waals surface area contributed by atoms with Gasteiger partial charge in [-0.15, -0.1) is 0 Å². The number of hydrogen-bond acceptors (Lipinski definition) is 3. The van der Waals surface area contributed by atoms with Crippen LogP contribution < -0.4 is 10.5 Å². The van der Waals surface area contributed by atoms with Gasteiger partial charge in [-0.2, -0.15) is 0 Å². The third-order valence-corrected chi connectivity index (χ3v) is 1.94. The second-order valence-corrected chi connectivity index (χ2v) is 3.14. The molecule has 0 aliphatic heterocycles. The van der Waals surface area contributed by atoms with Crippen molar-refractivity contribution in [1.29, 1.82) is 0 Å². The van der Waals surface area contributed by atoms with E-state index in [0.717, 1.165) is 4.47 Å². The van der Waals surface area contributed by atoms with Gasteiger partial charge in [-0.3, -0.25) is 4.79 Å². The average molecular weight is 230 g/mol. The maximum Gasteiger partial charge on any atom is 0.152 e. The predicted molar refractivity (Wildman–Crippen MR) is 50.5 cm³/mol. The summed E-state index contributed by atoms with van der Waals surface area (Å²) in [5.74, 6) is 0.506. The van der Waals surface area contributed by atoms with Crippen LogP contribution in [0.15, 0.2) is 16.6 Å². The maximum absolute atomic E-state index is 10.5. The number of carbonyl (C=O) groups excluding carboxylic acids is 1. The van der Waals surface area contributed by atoms with Crippen molar-refractivity contribution in [3.05, 3.63) is 22.2 Å². The first-order valence-corrected chi connectivity index (χ1v) is 4.06. The molecule has 0 fully saturated rings. The highest BCUT2D eigenvalue weighted by atomic mass is 79.9. The minimum atomic E-state index is 0.371. The van der Waals surface area contributed by atoms with Gasteiger partial charge >= 0.3 is 0 Å². The van der Waals surface area contributed by atoms with E-state index in [9.17, 15) is 4.79 Å². The van der Waals surface area contributed by atoms with E-state index in [1.807, 2.05) is 0 Å². The molecule has 2 N–H and O–H groups in total. The summed E-state index contributed by atoms with van der Waals surface area (Å²) in [4.78, 5) is 10.5. The number of aldehydes is 1. The van der Waals surface area contributed by atoms with E-state index in [1.54, 1.807) is 12.1 Å². The molecule has 0 heterocycles. The number of ether oxygens (including phenoxy) is 1. The molecule has 0 aliphatic rings. The standard InChI is InChI=1S/C8H8BrNO2/c1-12-7-3-6(9)2-5(4-11)8(7)10/h2-4H,10H2,1H3. The Hall–Kier alpha value is -1.03. The molecule has 0 radical (unpaired) electrons. The van der Waals surface area contributed by atoms with E-state index >= 15 is 0 Å². The van der Waals surface area contributed by atoms with Gasteiger partial charge in [0.15, 0.2) is 6.29 Å². The topological polar surface area (TPSA) is 52.3 Å². The number of halogens is 1. The summed E-state index contributed by atoms with van der Waals surface area (Å²) in [6.07, 6.45) is 0.697. The van der Waals surface area contributed by atoms with Crippen molar-refractivity contribution in [2.75, 3.05) is 12.8 Å².